The SMILES string of the molecule is [N-]=[N+]=Nc1cn(C(=O)OCc2ccccc2)cc1O. The summed E-state index contributed by atoms with van der Waals surface area (Å²) in [7, 11) is 0. The highest BCUT2D eigenvalue weighted by Gasteiger charge is 2.10. The summed E-state index contributed by atoms with van der Waals surface area (Å²) in [6, 6.07) is 9.19. The molecule has 0 saturated carbocycles. The highest BCUT2D eigenvalue weighted by atomic mass is 16.5. The van der Waals surface area contributed by atoms with Gasteiger partial charge in [-0.15, -0.1) is 0 Å². The third-order valence-electron chi connectivity index (χ3n) is 2.35. The lowest BCUT2D eigenvalue weighted by molar-refractivity contribution is 0.141. The molecule has 1 aromatic heterocycles. The fraction of sp³-hybridized carbons (Fsp3) is 0.0833. The predicted octanol–water partition coefficient (Wildman–Crippen LogP) is 3.32. The van der Waals surface area contributed by atoms with Crippen LogP contribution in [-0.4, -0.2) is 15.8 Å². The molecule has 1 aromatic carbocycles. The number of carbonyl (C=O) groups excluding carboxylic acids is 1. The predicted molar refractivity (Wildman–Crippen MR) is 66.9 cm³/mol. The Bertz CT molecular complexity index is 630. The molecule has 19 heavy (non-hydrogen) atoms. The first kappa shape index (κ1) is 12.5. The van der Waals surface area contributed by atoms with Crippen LogP contribution in [0.25, 0.3) is 10.4 Å². The van der Waals surface area contributed by atoms with Crippen LogP contribution in [0.3, 0.4) is 0 Å². The van der Waals surface area contributed by atoms with E-state index in [1.807, 2.05) is 30.3 Å². The molecule has 7 heteroatoms. The zero-order valence-electron chi connectivity index (χ0n) is 9.80. The summed E-state index contributed by atoms with van der Waals surface area (Å²) in [5, 5.41) is 12.6. The highest BCUT2D eigenvalue weighted by molar-refractivity contribution is 5.73. The normalized spacial score (nSPS) is 9.68. The standard InChI is InChI=1S/C12H10N4O3/c13-15-14-10-6-16(7-11(10)17)12(18)19-8-9-4-2-1-3-5-9/h1-7,17H,8H2. The van der Waals surface area contributed by atoms with Gasteiger partial charge in [-0.2, -0.15) is 0 Å². The van der Waals surface area contributed by atoms with Crippen molar-refractivity contribution < 1.29 is 14.6 Å². The highest BCUT2D eigenvalue weighted by Crippen LogP contribution is 2.27. The zero-order valence-corrected chi connectivity index (χ0v) is 9.80. The van der Waals surface area contributed by atoms with E-state index in [2.05, 4.69) is 10.0 Å². The molecule has 0 aliphatic carbocycles. The van der Waals surface area contributed by atoms with Gasteiger partial charge in [0.1, 0.15) is 12.4 Å². The summed E-state index contributed by atoms with van der Waals surface area (Å²) >= 11 is 0. The molecule has 0 spiro atoms. The van der Waals surface area contributed by atoms with E-state index < -0.39 is 6.09 Å². The number of azide groups is 1. The second-order valence-corrected chi connectivity index (χ2v) is 3.67. The van der Waals surface area contributed by atoms with Crippen molar-refractivity contribution in [3.05, 3.63) is 58.7 Å². The van der Waals surface area contributed by atoms with Crippen LogP contribution in [0, 0.1) is 0 Å². The van der Waals surface area contributed by atoms with E-state index in [1.54, 1.807) is 0 Å². The van der Waals surface area contributed by atoms with Crippen LogP contribution in [0.5, 0.6) is 5.75 Å². The van der Waals surface area contributed by atoms with Gasteiger partial charge in [0.05, 0.1) is 11.9 Å². The van der Waals surface area contributed by atoms with Gasteiger partial charge in [0.25, 0.3) is 0 Å². The maximum atomic E-state index is 11.7. The first-order valence-corrected chi connectivity index (χ1v) is 5.38. The van der Waals surface area contributed by atoms with Gasteiger partial charge >= 0.3 is 6.09 Å². The first-order valence-electron chi connectivity index (χ1n) is 5.38. The van der Waals surface area contributed by atoms with E-state index in [-0.39, 0.29) is 18.0 Å². The van der Waals surface area contributed by atoms with Gasteiger partial charge in [-0.05, 0) is 11.1 Å². The lowest BCUT2D eigenvalue weighted by Gasteiger charge is -2.04. The Morgan fingerprint density at radius 2 is 2.11 bits per heavy atom. The van der Waals surface area contributed by atoms with Crippen LogP contribution in [0.2, 0.25) is 0 Å². The molecule has 0 aliphatic rings. The average molecular weight is 258 g/mol. The molecule has 2 rings (SSSR count). The van der Waals surface area contributed by atoms with Crippen LogP contribution in [0.4, 0.5) is 10.5 Å². The van der Waals surface area contributed by atoms with Gasteiger partial charge in [0, 0.05) is 11.1 Å². The summed E-state index contributed by atoms with van der Waals surface area (Å²) in [6.45, 7) is 0.121. The molecule has 1 N–H and O–H groups in total. The molecular weight excluding hydrogens is 248 g/mol. The van der Waals surface area contributed by atoms with Crippen molar-refractivity contribution in [3.8, 4) is 5.75 Å². The first-order chi connectivity index (χ1) is 9.20. The fourth-order valence-electron chi connectivity index (χ4n) is 1.46. The number of hydrogen-bond acceptors (Lipinski definition) is 4. The Morgan fingerprint density at radius 3 is 2.79 bits per heavy atom. The second kappa shape index (κ2) is 5.61. The quantitative estimate of drug-likeness (QED) is 0.519. The molecule has 0 atom stereocenters. The maximum absolute atomic E-state index is 11.7. The topological polar surface area (TPSA) is 100 Å². The van der Waals surface area contributed by atoms with Crippen molar-refractivity contribution in [2.45, 2.75) is 6.61 Å². The summed E-state index contributed by atoms with van der Waals surface area (Å²) in [5.41, 5.74) is 9.09. The third-order valence-corrected chi connectivity index (χ3v) is 2.35. The molecule has 7 nitrogen and oxygen atoms in total. The third kappa shape index (κ3) is 3.05. The molecule has 0 radical (unpaired) electrons. The Hall–Kier alpha value is -2.92. The number of carbonyl (C=O) groups is 1. The van der Waals surface area contributed by atoms with E-state index in [0.717, 1.165) is 16.3 Å². The second-order valence-electron chi connectivity index (χ2n) is 3.67. The van der Waals surface area contributed by atoms with Crippen molar-refractivity contribution >= 4 is 11.8 Å². The molecule has 0 aliphatic heterocycles. The lowest BCUT2D eigenvalue weighted by atomic mass is 10.2. The summed E-state index contributed by atoms with van der Waals surface area (Å²) in [6.07, 6.45) is 1.65. The molecule has 0 bridgehead atoms. The minimum absolute atomic E-state index is 0.0286. The van der Waals surface area contributed by atoms with E-state index in [9.17, 15) is 9.90 Å². The molecule has 0 unspecified atom stereocenters. The number of rotatable bonds is 3. The maximum Gasteiger partial charge on any atom is 0.418 e. The van der Waals surface area contributed by atoms with Gasteiger partial charge in [0.15, 0.2) is 0 Å². The average Bonchev–Trinajstić information content (AvgIpc) is 2.79. The molecule has 2 aromatic rings. The Balaban J connectivity index is 2.04. The Kier molecular flexibility index (Phi) is 3.70. The van der Waals surface area contributed by atoms with Gasteiger partial charge in [-0.1, -0.05) is 35.4 Å². The Morgan fingerprint density at radius 1 is 1.37 bits per heavy atom. The number of benzene rings is 1. The molecule has 1 heterocycles. The lowest BCUT2D eigenvalue weighted by Crippen LogP contribution is -2.11. The van der Waals surface area contributed by atoms with Crippen molar-refractivity contribution in [3.63, 3.8) is 0 Å². The zero-order chi connectivity index (χ0) is 13.7. The van der Waals surface area contributed by atoms with Crippen molar-refractivity contribution in [1.29, 1.82) is 0 Å². The van der Waals surface area contributed by atoms with Crippen LogP contribution < -0.4 is 0 Å². The van der Waals surface area contributed by atoms with Gasteiger partial charge < -0.3 is 9.84 Å². The summed E-state index contributed by atoms with van der Waals surface area (Å²) in [5.74, 6) is -0.283. The van der Waals surface area contributed by atoms with E-state index >= 15 is 0 Å². The monoisotopic (exact) mass is 258 g/mol. The van der Waals surface area contributed by atoms with Gasteiger partial charge in [0.2, 0.25) is 0 Å². The summed E-state index contributed by atoms with van der Waals surface area (Å²) < 4.78 is 6.05. The van der Waals surface area contributed by atoms with Gasteiger partial charge in [-0.3, -0.25) is 4.57 Å². The minimum Gasteiger partial charge on any atom is -0.506 e. The van der Waals surface area contributed by atoms with Crippen molar-refractivity contribution in [1.82, 2.24) is 4.57 Å². The van der Waals surface area contributed by atoms with E-state index in [0.29, 0.717) is 0 Å². The van der Waals surface area contributed by atoms with Crippen LogP contribution in [0.1, 0.15) is 5.56 Å². The molecular formula is C12H10N4O3. The molecule has 0 saturated heterocycles. The number of aromatic nitrogens is 1. The number of ether oxygens (including phenoxy) is 1. The smallest absolute Gasteiger partial charge is 0.418 e. The van der Waals surface area contributed by atoms with Gasteiger partial charge in [-0.25, -0.2) is 4.79 Å². The largest absolute Gasteiger partial charge is 0.506 e. The molecule has 0 amide bonds. The molecule has 96 valence electrons. The van der Waals surface area contributed by atoms with Crippen LogP contribution in [0.15, 0.2) is 47.8 Å². The number of aromatic hydroxyl groups is 1. The minimum atomic E-state index is -0.668. The van der Waals surface area contributed by atoms with Crippen LogP contribution in [-0.2, 0) is 11.3 Å². The number of hydrogen-bond donors (Lipinski definition) is 1. The Labute approximate surface area is 108 Å². The van der Waals surface area contributed by atoms with E-state index in [4.69, 9.17) is 10.3 Å². The van der Waals surface area contributed by atoms with E-state index in [1.165, 1.54) is 6.20 Å². The van der Waals surface area contributed by atoms with Crippen molar-refractivity contribution in [2.75, 3.05) is 0 Å². The summed E-state index contributed by atoms with van der Waals surface area (Å²) in [4.78, 5) is 14.2. The van der Waals surface area contributed by atoms with Crippen LogP contribution >= 0.6 is 0 Å². The number of nitrogens with zero attached hydrogens (tertiary/aromatic N) is 4. The fourth-order valence-corrected chi connectivity index (χ4v) is 1.46. The molecule has 0 fully saturated rings. The van der Waals surface area contributed by atoms with Crippen molar-refractivity contribution in [2.24, 2.45) is 5.11 Å².